The summed E-state index contributed by atoms with van der Waals surface area (Å²) >= 11 is 1.51. The maximum atomic E-state index is 12.6. The van der Waals surface area contributed by atoms with E-state index in [1.165, 1.54) is 11.3 Å². The number of thiazole rings is 1. The van der Waals surface area contributed by atoms with Crippen molar-refractivity contribution in [3.8, 4) is 11.3 Å². The van der Waals surface area contributed by atoms with Crippen LogP contribution in [0.5, 0.6) is 0 Å². The van der Waals surface area contributed by atoms with Gasteiger partial charge in [0.05, 0.1) is 12.1 Å². The standard InChI is InChI=1S/C23H20N4O2S/c28-21(24-18-8-4-7-16(11-18)22(29)25-17-9-10-17)12-19-14-30-23-26-20(13-27(19)23)15-5-2-1-3-6-15/h1-8,11,13-14,17H,9-10,12H2,(H,24,28)(H,25,29). The molecular formula is C23H20N4O2S. The van der Waals surface area contributed by atoms with Crippen molar-refractivity contribution < 1.29 is 9.59 Å². The summed E-state index contributed by atoms with van der Waals surface area (Å²) in [6.07, 6.45) is 4.27. The van der Waals surface area contributed by atoms with Crippen molar-refractivity contribution in [2.45, 2.75) is 25.3 Å². The number of imidazole rings is 1. The second kappa shape index (κ2) is 7.76. The number of fused-ring (bicyclic) bond motifs is 1. The first-order chi connectivity index (χ1) is 14.7. The van der Waals surface area contributed by atoms with E-state index >= 15 is 0 Å². The molecule has 6 nitrogen and oxygen atoms in total. The van der Waals surface area contributed by atoms with Crippen LogP contribution in [0, 0.1) is 0 Å². The summed E-state index contributed by atoms with van der Waals surface area (Å²) in [5.41, 5.74) is 3.98. The molecule has 2 aromatic heterocycles. The minimum atomic E-state index is -0.135. The molecule has 0 radical (unpaired) electrons. The van der Waals surface area contributed by atoms with Crippen LogP contribution in [0.25, 0.3) is 16.2 Å². The van der Waals surface area contributed by atoms with Crippen LogP contribution in [-0.2, 0) is 11.2 Å². The molecule has 5 rings (SSSR count). The SMILES string of the molecule is O=C(Cc1csc2nc(-c3ccccc3)cn12)Nc1cccc(C(=O)NC2CC2)c1. The van der Waals surface area contributed by atoms with Gasteiger partial charge in [-0.3, -0.25) is 14.0 Å². The fourth-order valence-electron chi connectivity index (χ4n) is 3.31. The Bertz CT molecular complexity index is 1220. The minimum Gasteiger partial charge on any atom is -0.349 e. The molecule has 150 valence electrons. The number of amides is 2. The summed E-state index contributed by atoms with van der Waals surface area (Å²) in [7, 11) is 0. The quantitative estimate of drug-likeness (QED) is 0.496. The Morgan fingerprint density at radius 1 is 1.10 bits per heavy atom. The Hall–Kier alpha value is -3.45. The fraction of sp³-hybridized carbons (Fsp3) is 0.174. The third-order valence-corrected chi connectivity index (χ3v) is 5.90. The van der Waals surface area contributed by atoms with Crippen molar-refractivity contribution in [3.05, 3.63) is 77.4 Å². The van der Waals surface area contributed by atoms with Gasteiger partial charge < -0.3 is 10.6 Å². The number of carbonyl (C=O) groups excluding carboxylic acids is 2. The van der Waals surface area contributed by atoms with Gasteiger partial charge in [-0.15, -0.1) is 11.3 Å². The molecular weight excluding hydrogens is 396 g/mol. The van der Waals surface area contributed by atoms with Crippen molar-refractivity contribution in [3.63, 3.8) is 0 Å². The molecule has 1 aliphatic carbocycles. The second-order valence-electron chi connectivity index (χ2n) is 7.43. The molecule has 2 N–H and O–H groups in total. The normalized spacial score (nSPS) is 13.3. The number of hydrogen-bond acceptors (Lipinski definition) is 4. The van der Waals surface area contributed by atoms with Crippen LogP contribution in [0.3, 0.4) is 0 Å². The summed E-state index contributed by atoms with van der Waals surface area (Å²) in [6.45, 7) is 0. The summed E-state index contributed by atoms with van der Waals surface area (Å²) in [4.78, 5) is 30.4. The van der Waals surface area contributed by atoms with Crippen molar-refractivity contribution in [2.24, 2.45) is 0 Å². The molecule has 0 bridgehead atoms. The van der Waals surface area contributed by atoms with Crippen LogP contribution in [0.2, 0.25) is 0 Å². The number of nitrogens with zero attached hydrogens (tertiary/aromatic N) is 2. The Balaban J connectivity index is 1.29. The lowest BCUT2D eigenvalue weighted by Gasteiger charge is -2.08. The van der Waals surface area contributed by atoms with Crippen LogP contribution < -0.4 is 10.6 Å². The highest BCUT2D eigenvalue weighted by atomic mass is 32.1. The molecule has 0 aliphatic heterocycles. The number of hydrogen-bond donors (Lipinski definition) is 2. The maximum absolute atomic E-state index is 12.6. The fourth-order valence-corrected chi connectivity index (χ4v) is 4.18. The van der Waals surface area contributed by atoms with Gasteiger partial charge in [0.2, 0.25) is 5.91 Å². The van der Waals surface area contributed by atoms with Crippen LogP contribution >= 0.6 is 11.3 Å². The van der Waals surface area contributed by atoms with E-state index in [9.17, 15) is 9.59 Å². The first kappa shape index (κ1) is 18.6. The molecule has 30 heavy (non-hydrogen) atoms. The van der Waals surface area contributed by atoms with E-state index < -0.39 is 0 Å². The lowest BCUT2D eigenvalue weighted by atomic mass is 10.2. The molecule has 0 saturated heterocycles. The molecule has 4 aromatic rings. The van der Waals surface area contributed by atoms with E-state index in [2.05, 4.69) is 15.6 Å². The summed E-state index contributed by atoms with van der Waals surface area (Å²) in [6, 6.07) is 17.3. The zero-order valence-corrected chi connectivity index (χ0v) is 17.0. The number of benzene rings is 2. The summed E-state index contributed by atoms with van der Waals surface area (Å²) in [5, 5.41) is 7.82. The Morgan fingerprint density at radius 3 is 2.73 bits per heavy atom. The average molecular weight is 417 g/mol. The molecule has 0 spiro atoms. The van der Waals surface area contributed by atoms with Gasteiger partial charge in [0.1, 0.15) is 0 Å². The van der Waals surface area contributed by atoms with Gasteiger partial charge in [-0.2, -0.15) is 0 Å². The van der Waals surface area contributed by atoms with Crippen LogP contribution in [0.4, 0.5) is 5.69 Å². The lowest BCUT2D eigenvalue weighted by molar-refractivity contribution is -0.115. The van der Waals surface area contributed by atoms with Crippen molar-refractivity contribution >= 4 is 33.8 Å². The average Bonchev–Trinajstić information content (AvgIpc) is 3.34. The molecule has 1 fully saturated rings. The highest BCUT2D eigenvalue weighted by Crippen LogP contribution is 2.24. The monoisotopic (exact) mass is 416 g/mol. The van der Waals surface area contributed by atoms with Gasteiger partial charge in [-0.25, -0.2) is 4.98 Å². The van der Waals surface area contributed by atoms with Crippen LogP contribution in [0.1, 0.15) is 28.9 Å². The molecule has 2 amide bonds. The second-order valence-corrected chi connectivity index (χ2v) is 8.26. The largest absolute Gasteiger partial charge is 0.349 e. The zero-order chi connectivity index (χ0) is 20.5. The molecule has 0 atom stereocenters. The number of carbonyl (C=O) groups is 2. The van der Waals surface area contributed by atoms with E-state index in [4.69, 9.17) is 0 Å². The van der Waals surface area contributed by atoms with Gasteiger partial charge in [0, 0.05) is 40.1 Å². The Labute approximate surface area is 177 Å². The number of anilines is 1. The van der Waals surface area contributed by atoms with Gasteiger partial charge in [-0.05, 0) is 31.0 Å². The van der Waals surface area contributed by atoms with Crippen molar-refractivity contribution in [1.29, 1.82) is 0 Å². The molecule has 1 aliphatic rings. The molecule has 2 heterocycles. The van der Waals surface area contributed by atoms with E-state index in [1.54, 1.807) is 24.3 Å². The first-order valence-corrected chi connectivity index (χ1v) is 10.8. The minimum absolute atomic E-state index is 0.0972. The summed E-state index contributed by atoms with van der Waals surface area (Å²) < 4.78 is 1.96. The maximum Gasteiger partial charge on any atom is 0.251 e. The molecule has 0 unspecified atom stereocenters. The van der Waals surface area contributed by atoms with E-state index in [0.717, 1.165) is 34.8 Å². The van der Waals surface area contributed by atoms with Gasteiger partial charge in [0.25, 0.3) is 5.91 Å². The summed E-state index contributed by atoms with van der Waals surface area (Å²) in [5.74, 6) is -0.232. The number of rotatable bonds is 6. The Morgan fingerprint density at radius 2 is 1.93 bits per heavy atom. The first-order valence-electron chi connectivity index (χ1n) is 9.87. The zero-order valence-electron chi connectivity index (χ0n) is 16.2. The van der Waals surface area contributed by atoms with E-state index in [0.29, 0.717) is 17.3 Å². The lowest BCUT2D eigenvalue weighted by Crippen LogP contribution is -2.25. The predicted octanol–water partition coefficient (Wildman–Crippen LogP) is 4.14. The van der Waals surface area contributed by atoms with Gasteiger partial charge >= 0.3 is 0 Å². The smallest absolute Gasteiger partial charge is 0.251 e. The topological polar surface area (TPSA) is 75.5 Å². The van der Waals surface area contributed by atoms with E-state index in [1.807, 2.05) is 46.3 Å². The predicted molar refractivity (Wildman–Crippen MR) is 118 cm³/mol. The Kier molecular flexibility index (Phi) is 4.80. The number of nitrogens with one attached hydrogen (secondary N) is 2. The third kappa shape index (κ3) is 3.97. The van der Waals surface area contributed by atoms with Crippen molar-refractivity contribution in [1.82, 2.24) is 14.7 Å². The highest BCUT2D eigenvalue weighted by Gasteiger charge is 2.23. The van der Waals surface area contributed by atoms with E-state index in [-0.39, 0.29) is 18.2 Å². The highest BCUT2D eigenvalue weighted by molar-refractivity contribution is 7.15. The third-order valence-electron chi connectivity index (χ3n) is 5.02. The van der Waals surface area contributed by atoms with Gasteiger partial charge in [-0.1, -0.05) is 36.4 Å². The van der Waals surface area contributed by atoms with Gasteiger partial charge in [0.15, 0.2) is 4.96 Å². The molecule has 1 saturated carbocycles. The molecule has 2 aromatic carbocycles. The van der Waals surface area contributed by atoms with Crippen molar-refractivity contribution in [2.75, 3.05) is 5.32 Å². The van der Waals surface area contributed by atoms with Crippen LogP contribution in [0.15, 0.2) is 66.2 Å². The number of aromatic nitrogens is 2. The van der Waals surface area contributed by atoms with Crippen LogP contribution in [-0.4, -0.2) is 27.2 Å². The molecule has 7 heteroatoms.